The van der Waals surface area contributed by atoms with Gasteiger partial charge in [0.25, 0.3) is 5.91 Å². The van der Waals surface area contributed by atoms with Gasteiger partial charge in [-0.05, 0) is 50.3 Å². The molecule has 2 rings (SSSR count). The Morgan fingerprint density at radius 3 is 3.00 bits per heavy atom. The number of aliphatic hydroxyl groups is 1. The van der Waals surface area contributed by atoms with Gasteiger partial charge in [0.15, 0.2) is 0 Å². The second kappa shape index (κ2) is 6.40. The average Bonchev–Trinajstić information content (AvgIpc) is 2.83. The van der Waals surface area contributed by atoms with E-state index in [1.54, 1.807) is 6.07 Å². The summed E-state index contributed by atoms with van der Waals surface area (Å²) in [6.07, 6.45) is 3.67. The minimum Gasteiger partial charge on any atom is -0.396 e. The Kier molecular flexibility index (Phi) is 4.83. The maximum Gasteiger partial charge on any atom is 0.255 e. The Morgan fingerprint density at radius 2 is 2.32 bits per heavy atom. The first-order chi connectivity index (χ1) is 9.13. The number of nitrogens with zero attached hydrogens (tertiary/aromatic N) is 1. The minimum absolute atomic E-state index is 0.0189. The molecule has 0 bridgehead atoms. The van der Waals surface area contributed by atoms with E-state index in [0.29, 0.717) is 10.6 Å². The maximum atomic E-state index is 12.5. The van der Waals surface area contributed by atoms with Crippen LogP contribution in [0.2, 0.25) is 5.02 Å². The SMILES string of the molecule is Cc1ccc(C(=O)N2CCCC2CCCO)c(Cl)c1. The van der Waals surface area contributed by atoms with Gasteiger partial charge in [-0.15, -0.1) is 0 Å². The smallest absolute Gasteiger partial charge is 0.255 e. The van der Waals surface area contributed by atoms with Gasteiger partial charge in [0, 0.05) is 19.2 Å². The Hall–Kier alpha value is -1.06. The summed E-state index contributed by atoms with van der Waals surface area (Å²) in [5, 5.41) is 9.44. The second-order valence-electron chi connectivity index (χ2n) is 5.14. The molecule has 1 unspecified atom stereocenters. The highest BCUT2D eigenvalue weighted by molar-refractivity contribution is 6.33. The quantitative estimate of drug-likeness (QED) is 0.922. The van der Waals surface area contributed by atoms with Gasteiger partial charge in [-0.25, -0.2) is 0 Å². The number of hydrogen-bond acceptors (Lipinski definition) is 2. The molecule has 1 aliphatic rings. The second-order valence-corrected chi connectivity index (χ2v) is 5.55. The van der Waals surface area contributed by atoms with Gasteiger partial charge in [-0.1, -0.05) is 17.7 Å². The van der Waals surface area contributed by atoms with Crippen LogP contribution in [0.3, 0.4) is 0 Å². The van der Waals surface area contributed by atoms with Gasteiger partial charge in [0.1, 0.15) is 0 Å². The fraction of sp³-hybridized carbons (Fsp3) is 0.533. The molecule has 19 heavy (non-hydrogen) atoms. The largest absolute Gasteiger partial charge is 0.396 e. The fourth-order valence-electron chi connectivity index (χ4n) is 2.68. The van der Waals surface area contributed by atoms with Crippen molar-refractivity contribution < 1.29 is 9.90 Å². The van der Waals surface area contributed by atoms with Crippen molar-refractivity contribution in [3.05, 3.63) is 34.3 Å². The monoisotopic (exact) mass is 281 g/mol. The minimum atomic E-state index is 0.0189. The highest BCUT2D eigenvalue weighted by atomic mass is 35.5. The molecule has 0 spiro atoms. The number of halogens is 1. The molecule has 1 aliphatic heterocycles. The van der Waals surface area contributed by atoms with E-state index in [9.17, 15) is 4.79 Å². The van der Waals surface area contributed by atoms with Crippen LogP contribution < -0.4 is 0 Å². The lowest BCUT2D eigenvalue weighted by molar-refractivity contribution is 0.0724. The van der Waals surface area contributed by atoms with Gasteiger partial charge >= 0.3 is 0 Å². The first-order valence-electron chi connectivity index (χ1n) is 6.81. The molecule has 1 heterocycles. The molecule has 1 aromatic carbocycles. The molecule has 1 saturated heterocycles. The maximum absolute atomic E-state index is 12.5. The van der Waals surface area contributed by atoms with E-state index < -0.39 is 0 Å². The number of likely N-dealkylation sites (tertiary alicyclic amines) is 1. The third-order valence-corrected chi connectivity index (χ3v) is 4.00. The van der Waals surface area contributed by atoms with Gasteiger partial charge < -0.3 is 10.0 Å². The van der Waals surface area contributed by atoms with E-state index in [1.165, 1.54) is 0 Å². The first-order valence-corrected chi connectivity index (χ1v) is 7.19. The molecule has 1 fully saturated rings. The Balaban J connectivity index is 2.13. The summed E-state index contributed by atoms with van der Waals surface area (Å²) >= 11 is 6.17. The van der Waals surface area contributed by atoms with Crippen LogP contribution in [0.25, 0.3) is 0 Å². The van der Waals surface area contributed by atoms with Gasteiger partial charge in [-0.2, -0.15) is 0 Å². The van der Waals surface area contributed by atoms with Crippen LogP contribution in [0.15, 0.2) is 18.2 Å². The molecule has 3 nitrogen and oxygen atoms in total. The summed E-state index contributed by atoms with van der Waals surface area (Å²) in [5.74, 6) is 0.0189. The van der Waals surface area contributed by atoms with Crippen LogP contribution in [-0.2, 0) is 0 Å². The number of aliphatic hydroxyl groups excluding tert-OH is 1. The summed E-state index contributed by atoms with van der Waals surface area (Å²) in [5.41, 5.74) is 1.64. The van der Waals surface area contributed by atoms with Crippen LogP contribution in [-0.4, -0.2) is 35.1 Å². The van der Waals surface area contributed by atoms with Crippen molar-refractivity contribution in [1.82, 2.24) is 4.90 Å². The zero-order valence-corrected chi connectivity index (χ0v) is 12.0. The molecule has 1 N–H and O–H groups in total. The summed E-state index contributed by atoms with van der Waals surface area (Å²) in [6, 6.07) is 5.80. The van der Waals surface area contributed by atoms with Crippen LogP contribution in [0.1, 0.15) is 41.6 Å². The number of amides is 1. The van der Waals surface area contributed by atoms with Crippen molar-refractivity contribution in [2.24, 2.45) is 0 Å². The van der Waals surface area contributed by atoms with Crippen LogP contribution in [0.5, 0.6) is 0 Å². The molecule has 0 radical (unpaired) electrons. The van der Waals surface area contributed by atoms with Gasteiger partial charge in [0.2, 0.25) is 0 Å². The zero-order chi connectivity index (χ0) is 13.8. The molecule has 1 aromatic rings. The topological polar surface area (TPSA) is 40.5 Å². The first kappa shape index (κ1) is 14.4. The Morgan fingerprint density at radius 1 is 1.53 bits per heavy atom. The molecule has 0 saturated carbocycles. The fourth-order valence-corrected chi connectivity index (χ4v) is 2.99. The number of carbonyl (C=O) groups excluding carboxylic acids is 1. The molecule has 4 heteroatoms. The summed E-state index contributed by atoms with van der Waals surface area (Å²) in [7, 11) is 0. The predicted octanol–water partition coefficient (Wildman–Crippen LogP) is 3.03. The van der Waals surface area contributed by atoms with E-state index >= 15 is 0 Å². The lowest BCUT2D eigenvalue weighted by Gasteiger charge is -2.25. The molecule has 1 amide bonds. The molecule has 104 valence electrons. The van der Waals surface area contributed by atoms with Crippen LogP contribution >= 0.6 is 11.6 Å². The van der Waals surface area contributed by atoms with Crippen LogP contribution in [0, 0.1) is 6.92 Å². The van der Waals surface area contributed by atoms with Gasteiger partial charge in [0.05, 0.1) is 10.6 Å². The standard InChI is InChI=1S/C15H20ClNO2/c1-11-6-7-13(14(16)10-11)15(19)17-8-2-4-12(17)5-3-9-18/h6-7,10,12,18H,2-5,8-9H2,1H3. The summed E-state index contributed by atoms with van der Waals surface area (Å²) in [4.78, 5) is 14.4. The molecule has 0 aliphatic carbocycles. The summed E-state index contributed by atoms with van der Waals surface area (Å²) < 4.78 is 0. The van der Waals surface area contributed by atoms with Gasteiger partial charge in [-0.3, -0.25) is 4.79 Å². The number of aryl methyl sites for hydroxylation is 1. The Labute approximate surface area is 119 Å². The number of hydrogen-bond donors (Lipinski definition) is 1. The highest BCUT2D eigenvalue weighted by Gasteiger charge is 2.29. The normalized spacial score (nSPS) is 18.9. The zero-order valence-electron chi connectivity index (χ0n) is 11.2. The van der Waals surface area contributed by atoms with Crippen molar-refractivity contribution >= 4 is 17.5 Å². The van der Waals surface area contributed by atoms with E-state index in [2.05, 4.69) is 0 Å². The van der Waals surface area contributed by atoms with E-state index in [-0.39, 0.29) is 18.6 Å². The third-order valence-electron chi connectivity index (χ3n) is 3.69. The van der Waals surface area contributed by atoms with Crippen LogP contribution in [0.4, 0.5) is 0 Å². The predicted molar refractivity (Wildman–Crippen MR) is 76.6 cm³/mol. The lowest BCUT2D eigenvalue weighted by atomic mass is 10.1. The number of benzene rings is 1. The molecular weight excluding hydrogens is 262 g/mol. The molecule has 0 aromatic heterocycles. The Bertz CT molecular complexity index is 461. The molecular formula is C15H20ClNO2. The van der Waals surface area contributed by atoms with E-state index in [0.717, 1.165) is 37.8 Å². The van der Waals surface area contributed by atoms with E-state index in [1.807, 2.05) is 24.0 Å². The highest BCUT2D eigenvalue weighted by Crippen LogP contribution is 2.26. The average molecular weight is 282 g/mol. The third kappa shape index (κ3) is 3.28. The van der Waals surface area contributed by atoms with E-state index in [4.69, 9.17) is 16.7 Å². The summed E-state index contributed by atoms with van der Waals surface area (Å²) in [6.45, 7) is 2.93. The number of rotatable bonds is 4. The molecule has 1 atom stereocenters. The van der Waals surface area contributed by atoms with Crippen molar-refractivity contribution in [3.8, 4) is 0 Å². The van der Waals surface area contributed by atoms with Crippen molar-refractivity contribution in [1.29, 1.82) is 0 Å². The van der Waals surface area contributed by atoms with Crippen molar-refractivity contribution in [2.45, 2.75) is 38.6 Å². The van der Waals surface area contributed by atoms with Crippen molar-refractivity contribution in [2.75, 3.05) is 13.2 Å². The lowest BCUT2D eigenvalue weighted by Crippen LogP contribution is -2.35. The number of carbonyl (C=O) groups is 1. The van der Waals surface area contributed by atoms with Crippen molar-refractivity contribution in [3.63, 3.8) is 0 Å².